The van der Waals surface area contributed by atoms with Crippen molar-refractivity contribution in [3.05, 3.63) is 64.4 Å². The fourth-order valence-corrected chi connectivity index (χ4v) is 2.62. The van der Waals surface area contributed by atoms with Gasteiger partial charge >= 0.3 is 0 Å². The third-order valence-corrected chi connectivity index (χ3v) is 4.13. The van der Waals surface area contributed by atoms with Crippen LogP contribution in [0.15, 0.2) is 58.3 Å². The highest BCUT2D eigenvalue weighted by Crippen LogP contribution is 2.17. The van der Waals surface area contributed by atoms with Crippen LogP contribution in [0.2, 0.25) is 0 Å². The summed E-state index contributed by atoms with van der Waals surface area (Å²) in [5, 5.41) is 3.39. The highest BCUT2D eigenvalue weighted by atomic mass is 79.9. The number of rotatable bonds is 5. The van der Waals surface area contributed by atoms with E-state index in [4.69, 9.17) is 0 Å². The summed E-state index contributed by atoms with van der Waals surface area (Å²) >= 11 is 3.59. The second-order valence-electron chi connectivity index (χ2n) is 5.03. The number of guanidine groups is 1. The van der Waals surface area contributed by atoms with Crippen molar-refractivity contribution in [3.8, 4) is 0 Å². The highest BCUT2D eigenvalue weighted by molar-refractivity contribution is 9.10. The number of nitrogens with one attached hydrogen (secondary N) is 1. The first-order valence-electron chi connectivity index (χ1n) is 7.25. The number of pyridine rings is 1. The average molecular weight is 361 g/mol. The maximum atomic E-state index is 4.35. The molecule has 0 aliphatic heterocycles. The molecule has 0 spiro atoms. The Labute approximate surface area is 140 Å². The number of benzene rings is 1. The average Bonchev–Trinajstić information content (AvgIpc) is 2.54. The summed E-state index contributed by atoms with van der Waals surface area (Å²) in [6.07, 6.45) is 4.62. The van der Waals surface area contributed by atoms with Gasteiger partial charge in [0, 0.05) is 44.1 Å². The van der Waals surface area contributed by atoms with Crippen LogP contribution in [0.1, 0.15) is 11.1 Å². The Morgan fingerprint density at radius 2 is 2.09 bits per heavy atom. The summed E-state index contributed by atoms with van der Waals surface area (Å²) in [6.45, 7) is 1.63. The molecule has 1 N–H and O–H groups in total. The summed E-state index contributed by atoms with van der Waals surface area (Å²) in [4.78, 5) is 10.6. The molecular weight excluding hydrogens is 340 g/mol. The molecule has 0 unspecified atom stereocenters. The van der Waals surface area contributed by atoms with Crippen molar-refractivity contribution in [2.75, 3.05) is 20.6 Å². The van der Waals surface area contributed by atoms with E-state index in [0.717, 1.165) is 29.9 Å². The van der Waals surface area contributed by atoms with Crippen LogP contribution in [0, 0.1) is 0 Å². The molecule has 22 heavy (non-hydrogen) atoms. The van der Waals surface area contributed by atoms with Gasteiger partial charge in [-0.2, -0.15) is 0 Å². The van der Waals surface area contributed by atoms with Gasteiger partial charge in [-0.3, -0.25) is 9.98 Å². The maximum absolute atomic E-state index is 4.35. The first kappa shape index (κ1) is 16.5. The van der Waals surface area contributed by atoms with Crippen molar-refractivity contribution in [1.82, 2.24) is 15.2 Å². The minimum atomic E-state index is 0.800. The van der Waals surface area contributed by atoms with Crippen LogP contribution in [0.3, 0.4) is 0 Å². The number of hydrogen-bond acceptors (Lipinski definition) is 2. The lowest BCUT2D eigenvalue weighted by Gasteiger charge is -2.22. The second kappa shape index (κ2) is 8.54. The van der Waals surface area contributed by atoms with Crippen LogP contribution >= 0.6 is 15.9 Å². The normalized spacial score (nSPS) is 11.3. The van der Waals surface area contributed by atoms with Gasteiger partial charge in [-0.25, -0.2) is 0 Å². The van der Waals surface area contributed by atoms with Crippen LogP contribution in [0.25, 0.3) is 0 Å². The Morgan fingerprint density at radius 3 is 2.77 bits per heavy atom. The summed E-state index contributed by atoms with van der Waals surface area (Å²) in [5.41, 5.74) is 2.46. The van der Waals surface area contributed by atoms with Crippen molar-refractivity contribution in [2.45, 2.75) is 13.0 Å². The maximum Gasteiger partial charge on any atom is 0.193 e. The third-order valence-electron chi connectivity index (χ3n) is 3.36. The fraction of sp³-hybridized carbons (Fsp3) is 0.294. The van der Waals surface area contributed by atoms with E-state index in [1.165, 1.54) is 11.1 Å². The zero-order valence-electron chi connectivity index (χ0n) is 13.0. The quantitative estimate of drug-likeness (QED) is 0.657. The van der Waals surface area contributed by atoms with Gasteiger partial charge in [-0.15, -0.1) is 0 Å². The van der Waals surface area contributed by atoms with Gasteiger partial charge in [-0.05, 0) is 29.7 Å². The Bertz CT molecular complexity index is 613. The molecule has 4 nitrogen and oxygen atoms in total. The van der Waals surface area contributed by atoms with Gasteiger partial charge in [-0.1, -0.05) is 40.2 Å². The van der Waals surface area contributed by atoms with Crippen LogP contribution in [0.5, 0.6) is 0 Å². The zero-order chi connectivity index (χ0) is 15.8. The topological polar surface area (TPSA) is 40.5 Å². The van der Waals surface area contributed by atoms with E-state index in [0.29, 0.717) is 0 Å². The molecule has 0 bridgehead atoms. The zero-order valence-corrected chi connectivity index (χ0v) is 14.5. The van der Waals surface area contributed by atoms with Gasteiger partial charge in [0.05, 0.1) is 0 Å². The van der Waals surface area contributed by atoms with Crippen LogP contribution in [-0.2, 0) is 13.0 Å². The molecule has 0 aliphatic rings. The molecule has 1 aromatic carbocycles. The summed E-state index contributed by atoms with van der Waals surface area (Å²) in [5.74, 6) is 0.889. The Morgan fingerprint density at radius 1 is 1.27 bits per heavy atom. The van der Waals surface area contributed by atoms with E-state index < -0.39 is 0 Å². The first-order chi connectivity index (χ1) is 10.7. The number of halogens is 1. The van der Waals surface area contributed by atoms with Gasteiger partial charge < -0.3 is 10.2 Å². The molecule has 1 heterocycles. The van der Waals surface area contributed by atoms with Crippen molar-refractivity contribution in [3.63, 3.8) is 0 Å². The van der Waals surface area contributed by atoms with Gasteiger partial charge in [0.15, 0.2) is 5.96 Å². The first-order valence-corrected chi connectivity index (χ1v) is 8.04. The number of hydrogen-bond donors (Lipinski definition) is 1. The molecule has 0 saturated heterocycles. The SMILES string of the molecule is CN=C(NCCc1cccnc1)N(C)Cc1ccccc1Br. The molecule has 1 aromatic heterocycles. The Hall–Kier alpha value is -1.88. The molecule has 0 saturated carbocycles. The van der Waals surface area contributed by atoms with E-state index in [2.05, 4.69) is 54.3 Å². The summed E-state index contributed by atoms with van der Waals surface area (Å²) in [6, 6.07) is 12.3. The monoisotopic (exact) mass is 360 g/mol. The second-order valence-corrected chi connectivity index (χ2v) is 5.89. The van der Waals surface area contributed by atoms with Gasteiger partial charge in [0.1, 0.15) is 0 Å². The van der Waals surface area contributed by atoms with Gasteiger partial charge in [0.2, 0.25) is 0 Å². The van der Waals surface area contributed by atoms with Crippen molar-refractivity contribution < 1.29 is 0 Å². The molecule has 0 fully saturated rings. The summed E-state index contributed by atoms with van der Waals surface area (Å²) in [7, 11) is 3.85. The lowest BCUT2D eigenvalue weighted by atomic mass is 10.2. The molecule has 0 aliphatic carbocycles. The van der Waals surface area contributed by atoms with Crippen LogP contribution in [0.4, 0.5) is 0 Å². The highest BCUT2D eigenvalue weighted by Gasteiger charge is 2.08. The minimum Gasteiger partial charge on any atom is -0.356 e. The molecule has 116 valence electrons. The molecule has 0 amide bonds. The van der Waals surface area contributed by atoms with E-state index in [-0.39, 0.29) is 0 Å². The van der Waals surface area contributed by atoms with Crippen molar-refractivity contribution in [2.24, 2.45) is 4.99 Å². The van der Waals surface area contributed by atoms with E-state index in [1.807, 2.05) is 38.5 Å². The molecule has 2 rings (SSSR count). The third kappa shape index (κ3) is 4.84. The Kier molecular flexibility index (Phi) is 6.40. The largest absolute Gasteiger partial charge is 0.356 e. The van der Waals surface area contributed by atoms with Crippen LogP contribution in [-0.4, -0.2) is 36.5 Å². The lowest BCUT2D eigenvalue weighted by Crippen LogP contribution is -2.39. The number of aliphatic imine (C=N–C) groups is 1. The Balaban J connectivity index is 1.87. The van der Waals surface area contributed by atoms with E-state index >= 15 is 0 Å². The van der Waals surface area contributed by atoms with Crippen LogP contribution < -0.4 is 5.32 Å². The molecule has 0 radical (unpaired) electrons. The fourth-order valence-electron chi connectivity index (χ4n) is 2.21. The molecule has 5 heteroatoms. The number of nitrogens with zero attached hydrogens (tertiary/aromatic N) is 3. The predicted molar refractivity (Wildman–Crippen MR) is 94.9 cm³/mol. The van der Waals surface area contributed by atoms with Gasteiger partial charge in [0.25, 0.3) is 0 Å². The number of aromatic nitrogens is 1. The predicted octanol–water partition coefficient (Wildman–Crippen LogP) is 3.09. The van der Waals surface area contributed by atoms with Crippen molar-refractivity contribution in [1.29, 1.82) is 0 Å². The lowest BCUT2D eigenvalue weighted by molar-refractivity contribution is 0.476. The molecule has 0 atom stereocenters. The van der Waals surface area contributed by atoms with E-state index in [9.17, 15) is 0 Å². The molecule has 2 aromatic rings. The van der Waals surface area contributed by atoms with E-state index in [1.54, 1.807) is 6.20 Å². The smallest absolute Gasteiger partial charge is 0.193 e. The minimum absolute atomic E-state index is 0.800. The summed E-state index contributed by atoms with van der Waals surface area (Å²) < 4.78 is 1.12. The van der Waals surface area contributed by atoms with Crippen molar-refractivity contribution >= 4 is 21.9 Å². The standard InChI is InChI=1S/C17H21BrN4/c1-19-17(21-11-9-14-6-5-10-20-12-14)22(2)13-15-7-3-4-8-16(15)18/h3-8,10,12H,9,11,13H2,1-2H3,(H,19,21). The molecular formula is C17H21BrN4.